The molecular formula is C31H42F3N9O9. The van der Waals surface area contributed by atoms with Gasteiger partial charge in [-0.25, -0.2) is 24.7 Å². The number of nitrogens with one attached hydrogen (secondary N) is 4. The first kappa shape index (κ1) is 44.0. The Kier molecular flexibility index (Phi) is 19.8. The molecule has 0 fully saturated rings. The number of carboxylic acids is 1. The number of nitrogens with two attached hydrogens (primary N) is 3. The SMILES string of the molecule is NC(=O)[C@H](CCCCNC(=O)OCc1ccccc1)NC(=O)[C@H](Cc1ccccc1)NC(=O)[C@H](N)CCCN=C(N)N[N+](=O)[O-].O=C(O)C(F)(F)F. The van der Waals surface area contributed by atoms with E-state index in [4.69, 9.17) is 31.8 Å². The summed E-state index contributed by atoms with van der Waals surface area (Å²) in [4.78, 5) is 73.2. The number of amides is 4. The highest BCUT2D eigenvalue weighted by molar-refractivity contribution is 5.92. The molecule has 0 saturated carbocycles. The zero-order chi connectivity index (χ0) is 39.1. The number of carbonyl (C=O) groups excluding carboxylic acids is 4. The second-order valence-electron chi connectivity index (χ2n) is 10.9. The molecule has 0 aliphatic carbocycles. The number of hydrogen-bond acceptors (Lipinski definition) is 10. The lowest BCUT2D eigenvalue weighted by Crippen LogP contribution is -2.56. The van der Waals surface area contributed by atoms with E-state index >= 15 is 0 Å². The number of aliphatic imine (C=N–C) groups is 1. The lowest BCUT2D eigenvalue weighted by atomic mass is 10.0. The molecule has 52 heavy (non-hydrogen) atoms. The average Bonchev–Trinajstić information content (AvgIpc) is 3.08. The van der Waals surface area contributed by atoms with Crippen molar-refractivity contribution in [1.29, 1.82) is 0 Å². The normalized spacial score (nSPS) is 12.8. The summed E-state index contributed by atoms with van der Waals surface area (Å²) in [5.74, 6) is -5.10. The van der Waals surface area contributed by atoms with Crippen molar-refractivity contribution in [3.05, 3.63) is 81.9 Å². The van der Waals surface area contributed by atoms with Gasteiger partial charge in [-0.2, -0.15) is 13.2 Å². The second-order valence-corrected chi connectivity index (χ2v) is 10.9. The summed E-state index contributed by atoms with van der Waals surface area (Å²) in [6.07, 6.45) is -3.90. The first-order chi connectivity index (χ1) is 24.5. The number of hydrogen-bond donors (Lipinski definition) is 8. The minimum Gasteiger partial charge on any atom is -0.475 e. The summed E-state index contributed by atoms with van der Waals surface area (Å²) >= 11 is 0. The predicted octanol–water partition coefficient (Wildman–Crippen LogP) is 0.618. The van der Waals surface area contributed by atoms with Gasteiger partial charge in [0.2, 0.25) is 17.7 Å². The van der Waals surface area contributed by atoms with Crippen molar-refractivity contribution < 1.29 is 52.0 Å². The molecule has 4 amide bonds. The van der Waals surface area contributed by atoms with E-state index in [0.717, 1.165) is 11.1 Å². The van der Waals surface area contributed by atoms with Crippen molar-refractivity contribution in [2.45, 2.75) is 69.4 Å². The summed E-state index contributed by atoms with van der Waals surface area (Å²) in [5.41, 5.74) is 20.2. The standard InChI is InChI=1S/C29H41N9O7.C2HF3O2/c30-22(14-9-17-33-28(32)37-38(43)44)26(40)36-24(18-20-10-3-1-4-11-20)27(41)35-23(25(31)39)15-7-8-16-34-29(42)45-19-21-12-5-2-6-13-21;3-2(4,5)1(6)7/h1-6,10-13,22-24H,7-9,14-19,30H2,(H2,31,39)(H,34,42)(H,35,41)(H,36,40)(H3,32,33,37);(H,6,7)/t22-,23+,24+;/m1./s1. The van der Waals surface area contributed by atoms with E-state index in [1.165, 1.54) is 0 Å². The third kappa shape index (κ3) is 19.9. The van der Waals surface area contributed by atoms with Crippen LogP contribution < -0.4 is 38.6 Å². The van der Waals surface area contributed by atoms with Gasteiger partial charge in [0.15, 0.2) is 5.03 Å². The summed E-state index contributed by atoms with van der Waals surface area (Å²) in [5, 5.41) is 24.6. The van der Waals surface area contributed by atoms with Crippen LogP contribution in [0.3, 0.4) is 0 Å². The molecule has 11 N–H and O–H groups in total. The highest BCUT2D eigenvalue weighted by Gasteiger charge is 2.38. The Morgan fingerprint density at radius 3 is 1.96 bits per heavy atom. The Balaban J connectivity index is 0.00000174. The molecular weight excluding hydrogens is 699 g/mol. The molecule has 2 aromatic rings. The van der Waals surface area contributed by atoms with Gasteiger partial charge in [-0.15, -0.1) is 0 Å². The number of alkyl halides is 3. The predicted molar refractivity (Wildman–Crippen MR) is 179 cm³/mol. The molecule has 0 aliphatic heterocycles. The fraction of sp³-hybridized carbons (Fsp3) is 0.419. The number of nitro groups is 1. The number of alkyl carbamates (subject to hydrolysis) is 1. The van der Waals surface area contributed by atoms with Gasteiger partial charge in [0.25, 0.3) is 5.96 Å². The first-order valence-corrected chi connectivity index (χ1v) is 15.6. The molecule has 2 aromatic carbocycles. The fourth-order valence-corrected chi connectivity index (χ4v) is 4.10. The third-order valence-corrected chi connectivity index (χ3v) is 6.72. The Morgan fingerprint density at radius 2 is 1.42 bits per heavy atom. The van der Waals surface area contributed by atoms with Gasteiger partial charge in [-0.1, -0.05) is 66.1 Å². The Hall–Kier alpha value is -5.99. The van der Waals surface area contributed by atoms with Crippen molar-refractivity contribution in [1.82, 2.24) is 21.4 Å². The molecule has 0 spiro atoms. The minimum atomic E-state index is -5.08. The highest BCUT2D eigenvalue weighted by Crippen LogP contribution is 2.13. The molecule has 0 unspecified atom stereocenters. The van der Waals surface area contributed by atoms with Crippen LogP contribution in [0.4, 0.5) is 18.0 Å². The third-order valence-electron chi connectivity index (χ3n) is 6.72. The molecule has 286 valence electrons. The maximum absolute atomic E-state index is 13.3. The molecule has 0 saturated heterocycles. The van der Waals surface area contributed by atoms with Crippen LogP contribution in [0.2, 0.25) is 0 Å². The first-order valence-electron chi connectivity index (χ1n) is 15.6. The van der Waals surface area contributed by atoms with Crippen LogP contribution in [-0.4, -0.2) is 83.3 Å². The number of guanidine groups is 1. The van der Waals surface area contributed by atoms with E-state index < -0.39 is 59.1 Å². The van der Waals surface area contributed by atoms with Gasteiger partial charge in [0, 0.05) is 19.5 Å². The molecule has 2 rings (SSSR count). The molecule has 0 aromatic heterocycles. The molecule has 3 atom stereocenters. The van der Waals surface area contributed by atoms with E-state index in [1.54, 1.807) is 29.7 Å². The number of carboxylic acid groups (broad SMARTS) is 1. The van der Waals surface area contributed by atoms with Gasteiger partial charge >= 0.3 is 18.2 Å². The Labute approximate surface area is 295 Å². The number of benzene rings is 2. The topological polar surface area (TPSA) is 296 Å². The van der Waals surface area contributed by atoms with E-state index in [1.807, 2.05) is 36.4 Å². The van der Waals surface area contributed by atoms with Crippen molar-refractivity contribution in [2.24, 2.45) is 22.2 Å². The van der Waals surface area contributed by atoms with Crippen LogP contribution in [0, 0.1) is 10.1 Å². The maximum Gasteiger partial charge on any atom is 0.490 e. The number of rotatable bonds is 19. The summed E-state index contributed by atoms with van der Waals surface area (Å²) < 4.78 is 36.9. The zero-order valence-corrected chi connectivity index (χ0v) is 27.8. The Morgan fingerprint density at radius 1 is 0.865 bits per heavy atom. The minimum absolute atomic E-state index is 0.0896. The molecule has 21 heteroatoms. The van der Waals surface area contributed by atoms with Crippen LogP contribution in [-0.2, 0) is 36.9 Å². The van der Waals surface area contributed by atoms with Crippen LogP contribution in [0.5, 0.6) is 0 Å². The average molecular weight is 742 g/mol. The molecule has 0 heterocycles. The molecule has 0 bridgehead atoms. The van der Waals surface area contributed by atoms with Crippen LogP contribution in [0.25, 0.3) is 0 Å². The van der Waals surface area contributed by atoms with Crippen molar-refractivity contribution in [2.75, 3.05) is 13.1 Å². The number of carbonyl (C=O) groups is 5. The molecule has 18 nitrogen and oxygen atoms in total. The van der Waals surface area contributed by atoms with E-state index in [2.05, 4.69) is 20.9 Å². The quantitative estimate of drug-likeness (QED) is 0.0323. The summed E-state index contributed by atoms with van der Waals surface area (Å²) in [6, 6.07) is 15.1. The van der Waals surface area contributed by atoms with Crippen molar-refractivity contribution in [3.63, 3.8) is 0 Å². The number of unbranched alkanes of at least 4 members (excludes halogenated alkanes) is 1. The van der Waals surface area contributed by atoms with Gasteiger partial charge in [-0.05, 0) is 43.2 Å². The Bertz CT molecular complexity index is 1480. The van der Waals surface area contributed by atoms with Crippen LogP contribution in [0.1, 0.15) is 43.2 Å². The van der Waals surface area contributed by atoms with E-state index in [0.29, 0.717) is 25.8 Å². The van der Waals surface area contributed by atoms with Crippen LogP contribution in [0.15, 0.2) is 65.7 Å². The number of nitrogens with zero attached hydrogens (tertiary/aromatic N) is 2. The number of aliphatic carboxylic acids is 1. The highest BCUT2D eigenvalue weighted by atomic mass is 19.4. The van der Waals surface area contributed by atoms with Gasteiger partial charge in [0.05, 0.1) is 6.04 Å². The fourth-order valence-electron chi connectivity index (χ4n) is 4.10. The van der Waals surface area contributed by atoms with Gasteiger partial charge in [0.1, 0.15) is 18.7 Å². The molecule has 0 aliphatic rings. The van der Waals surface area contributed by atoms with Crippen molar-refractivity contribution in [3.8, 4) is 0 Å². The van der Waals surface area contributed by atoms with Gasteiger partial charge in [-0.3, -0.25) is 14.4 Å². The lowest BCUT2D eigenvalue weighted by molar-refractivity contribution is -0.525. The van der Waals surface area contributed by atoms with E-state index in [-0.39, 0.29) is 38.4 Å². The summed E-state index contributed by atoms with van der Waals surface area (Å²) in [7, 11) is 0. The number of ether oxygens (including phenoxy) is 1. The van der Waals surface area contributed by atoms with E-state index in [9.17, 15) is 42.5 Å². The maximum atomic E-state index is 13.3. The summed E-state index contributed by atoms with van der Waals surface area (Å²) in [6.45, 7) is 0.523. The second kappa shape index (κ2) is 23.4. The van der Waals surface area contributed by atoms with Crippen molar-refractivity contribution >= 4 is 35.7 Å². The number of primary amides is 1. The zero-order valence-electron chi connectivity index (χ0n) is 27.8. The monoisotopic (exact) mass is 741 g/mol. The van der Waals surface area contributed by atoms with Crippen LogP contribution >= 0.6 is 0 Å². The number of halogens is 3. The number of hydrazine groups is 1. The largest absolute Gasteiger partial charge is 0.490 e. The van der Waals surface area contributed by atoms with Gasteiger partial charge < -0.3 is 43.0 Å². The molecule has 0 radical (unpaired) electrons. The lowest BCUT2D eigenvalue weighted by Gasteiger charge is -2.23. The smallest absolute Gasteiger partial charge is 0.475 e.